The zero-order valence-corrected chi connectivity index (χ0v) is 15.5. The minimum Gasteiger partial charge on any atom is -0.490 e. The van der Waals surface area contributed by atoms with Crippen LogP contribution in [0, 0.1) is 6.92 Å². The molecule has 1 amide bonds. The molecule has 2 aromatic rings. The molecule has 27 heavy (non-hydrogen) atoms. The number of rotatable bonds is 8. The van der Waals surface area contributed by atoms with E-state index in [-0.39, 0.29) is 19.1 Å². The topological polar surface area (TPSA) is 77.0 Å². The number of nitrogens with one attached hydrogen (secondary N) is 1. The minimum absolute atomic E-state index is 0.128. The number of carbonyl (C=O) groups excluding carboxylic acids is 2. The van der Waals surface area contributed by atoms with Crippen LogP contribution in [0.2, 0.25) is 0 Å². The molecule has 0 atom stereocenters. The fourth-order valence-electron chi connectivity index (χ4n) is 2.20. The van der Waals surface area contributed by atoms with Crippen LogP contribution >= 0.6 is 0 Å². The summed E-state index contributed by atoms with van der Waals surface area (Å²) in [4.78, 5) is 27.5. The largest absolute Gasteiger partial charge is 0.490 e. The van der Waals surface area contributed by atoms with Gasteiger partial charge in [0.15, 0.2) is 0 Å². The first-order valence-electron chi connectivity index (χ1n) is 8.35. The van der Waals surface area contributed by atoms with Gasteiger partial charge in [0.25, 0.3) is 5.91 Å². The SMILES string of the molecule is C=Nc1ccc(NC(=O)c2ccc(OCCOC(=O)C(=C)C)cc2)c(C)c1. The predicted molar refractivity (Wildman–Crippen MR) is 106 cm³/mol. The number of ether oxygens (including phenoxy) is 2. The number of anilines is 1. The second kappa shape index (κ2) is 9.33. The average molecular weight is 366 g/mol. The molecule has 0 unspecified atom stereocenters. The molecule has 6 nitrogen and oxygen atoms in total. The molecule has 0 fully saturated rings. The highest BCUT2D eigenvalue weighted by Crippen LogP contribution is 2.22. The number of aliphatic imine (C=N–C) groups is 1. The second-order valence-electron chi connectivity index (χ2n) is 5.90. The van der Waals surface area contributed by atoms with Gasteiger partial charge in [-0.15, -0.1) is 0 Å². The molecule has 0 bridgehead atoms. The predicted octanol–water partition coefficient (Wildman–Crippen LogP) is 4.08. The molecule has 2 aromatic carbocycles. The molecule has 0 saturated heterocycles. The van der Waals surface area contributed by atoms with Crippen molar-refractivity contribution in [3.05, 3.63) is 65.7 Å². The molecule has 6 heteroatoms. The van der Waals surface area contributed by atoms with Gasteiger partial charge in [0.05, 0.1) is 5.69 Å². The molecule has 0 aliphatic carbocycles. The van der Waals surface area contributed by atoms with Gasteiger partial charge in [-0.1, -0.05) is 6.58 Å². The Labute approximate surface area is 158 Å². The van der Waals surface area contributed by atoms with Gasteiger partial charge in [-0.05, 0) is 68.6 Å². The lowest BCUT2D eigenvalue weighted by Crippen LogP contribution is -2.13. The van der Waals surface area contributed by atoms with Crippen LogP contribution in [0.3, 0.4) is 0 Å². The maximum Gasteiger partial charge on any atom is 0.333 e. The lowest BCUT2D eigenvalue weighted by atomic mass is 10.1. The van der Waals surface area contributed by atoms with Crippen molar-refractivity contribution in [3.8, 4) is 5.75 Å². The van der Waals surface area contributed by atoms with E-state index in [0.717, 1.165) is 11.3 Å². The van der Waals surface area contributed by atoms with E-state index in [1.165, 1.54) is 0 Å². The fourth-order valence-corrected chi connectivity index (χ4v) is 2.20. The van der Waals surface area contributed by atoms with Gasteiger partial charge < -0.3 is 14.8 Å². The quantitative estimate of drug-likeness (QED) is 0.331. The van der Waals surface area contributed by atoms with Gasteiger partial charge in [-0.25, -0.2) is 4.79 Å². The van der Waals surface area contributed by atoms with Gasteiger partial charge in [0.1, 0.15) is 19.0 Å². The van der Waals surface area contributed by atoms with Crippen LogP contribution in [0.15, 0.2) is 59.6 Å². The highest BCUT2D eigenvalue weighted by molar-refractivity contribution is 6.04. The van der Waals surface area contributed by atoms with Gasteiger partial charge in [-0.2, -0.15) is 0 Å². The third kappa shape index (κ3) is 5.81. The first kappa shape index (κ1) is 19.9. The van der Waals surface area contributed by atoms with E-state index in [1.807, 2.05) is 13.0 Å². The van der Waals surface area contributed by atoms with Gasteiger partial charge in [-0.3, -0.25) is 9.79 Å². The van der Waals surface area contributed by atoms with Crippen LogP contribution in [0.5, 0.6) is 5.75 Å². The molecule has 0 aromatic heterocycles. The summed E-state index contributed by atoms with van der Waals surface area (Å²) in [5, 5.41) is 2.87. The lowest BCUT2D eigenvalue weighted by molar-refractivity contribution is -0.139. The number of benzene rings is 2. The van der Waals surface area contributed by atoms with E-state index >= 15 is 0 Å². The van der Waals surface area contributed by atoms with Crippen molar-refractivity contribution in [1.29, 1.82) is 0 Å². The van der Waals surface area contributed by atoms with Crippen LogP contribution in [-0.4, -0.2) is 31.8 Å². The smallest absolute Gasteiger partial charge is 0.333 e. The van der Waals surface area contributed by atoms with Gasteiger partial charge in [0, 0.05) is 16.8 Å². The molecule has 0 radical (unpaired) electrons. The zero-order chi connectivity index (χ0) is 19.8. The van der Waals surface area contributed by atoms with Crippen molar-refractivity contribution < 1.29 is 19.1 Å². The Kier molecular flexibility index (Phi) is 6.88. The van der Waals surface area contributed by atoms with Crippen molar-refractivity contribution in [2.24, 2.45) is 4.99 Å². The number of esters is 1. The molecule has 0 aliphatic rings. The number of amides is 1. The summed E-state index contributed by atoms with van der Waals surface area (Å²) >= 11 is 0. The minimum atomic E-state index is -0.446. The number of nitrogens with zero attached hydrogens (tertiary/aromatic N) is 1. The van der Waals surface area contributed by atoms with Crippen molar-refractivity contribution in [2.75, 3.05) is 18.5 Å². The average Bonchev–Trinajstić information content (AvgIpc) is 2.66. The van der Waals surface area contributed by atoms with Crippen molar-refractivity contribution in [3.63, 3.8) is 0 Å². The first-order valence-corrected chi connectivity index (χ1v) is 8.35. The van der Waals surface area contributed by atoms with Gasteiger partial charge in [0.2, 0.25) is 0 Å². The Bertz CT molecular complexity index is 857. The summed E-state index contributed by atoms with van der Waals surface area (Å²) in [6, 6.07) is 12.1. The Morgan fingerprint density at radius 1 is 1.11 bits per heavy atom. The van der Waals surface area contributed by atoms with E-state index in [2.05, 4.69) is 23.6 Å². The van der Waals surface area contributed by atoms with E-state index in [9.17, 15) is 9.59 Å². The van der Waals surface area contributed by atoms with Crippen LogP contribution in [0.1, 0.15) is 22.8 Å². The third-order valence-electron chi connectivity index (χ3n) is 3.69. The molecular formula is C21H22N2O4. The Morgan fingerprint density at radius 2 is 1.81 bits per heavy atom. The van der Waals surface area contributed by atoms with E-state index in [1.54, 1.807) is 43.3 Å². The fraction of sp³-hybridized carbons (Fsp3) is 0.190. The second-order valence-corrected chi connectivity index (χ2v) is 5.90. The maximum absolute atomic E-state index is 12.4. The lowest BCUT2D eigenvalue weighted by Gasteiger charge is -2.10. The highest BCUT2D eigenvalue weighted by atomic mass is 16.6. The Balaban J connectivity index is 1.89. The monoisotopic (exact) mass is 366 g/mol. The number of hydrogen-bond acceptors (Lipinski definition) is 5. The number of hydrogen-bond donors (Lipinski definition) is 1. The highest BCUT2D eigenvalue weighted by Gasteiger charge is 2.09. The van der Waals surface area contributed by atoms with Crippen molar-refractivity contribution in [1.82, 2.24) is 0 Å². The molecule has 2 rings (SSSR count). The molecule has 1 N–H and O–H groups in total. The van der Waals surface area contributed by atoms with Crippen LogP contribution in [-0.2, 0) is 9.53 Å². The molecule has 0 saturated carbocycles. The molecule has 140 valence electrons. The Morgan fingerprint density at radius 3 is 2.41 bits per heavy atom. The van der Waals surface area contributed by atoms with Crippen LogP contribution in [0.4, 0.5) is 11.4 Å². The van der Waals surface area contributed by atoms with E-state index < -0.39 is 5.97 Å². The van der Waals surface area contributed by atoms with E-state index in [4.69, 9.17) is 9.47 Å². The zero-order valence-electron chi connectivity index (χ0n) is 15.5. The maximum atomic E-state index is 12.4. The summed E-state index contributed by atoms with van der Waals surface area (Å²) in [5.74, 6) is -0.0901. The van der Waals surface area contributed by atoms with Crippen LogP contribution < -0.4 is 10.1 Å². The van der Waals surface area contributed by atoms with E-state index in [0.29, 0.717) is 22.6 Å². The molecule has 0 aliphatic heterocycles. The normalized spacial score (nSPS) is 10.0. The number of carbonyl (C=O) groups is 2. The third-order valence-corrected chi connectivity index (χ3v) is 3.69. The number of aryl methyl sites for hydroxylation is 1. The first-order chi connectivity index (χ1) is 12.9. The summed E-state index contributed by atoms with van der Waals surface area (Å²) < 4.78 is 10.4. The Hall–Kier alpha value is -3.41. The summed E-state index contributed by atoms with van der Waals surface area (Å²) in [6.45, 7) is 10.8. The van der Waals surface area contributed by atoms with Gasteiger partial charge >= 0.3 is 5.97 Å². The van der Waals surface area contributed by atoms with Crippen LogP contribution in [0.25, 0.3) is 0 Å². The van der Waals surface area contributed by atoms with Crippen molar-refractivity contribution in [2.45, 2.75) is 13.8 Å². The summed E-state index contributed by atoms with van der Waals surface area (Å²) in [6.07, 6.45) is 0. The van der Waals surface area contributed by atoms with Crippen molar-refractivity contribution >= 4 is 30.0 Å². The molecular weight excluding hydrogens is 344 g/mol. The summed E-state index contributed by atoms with van der Waals surface area (Å²) in [7, 11) is 0. The molecule has 0 spiro atoms. The summed E-state index contributed by atoms with van der Waals surface area (Å²) in [5.41, 5.74) is 3.21. The molecule has 0 heterocycles. The standard InChI is InChI=1S/C21H22N2O4/c1-14(2)21(25)27-12-11-26-18-8-5-16(6-9-18)20(24)23-19-10-7-17(22-4)13-15(19)3/h5-10,13H,1,4,11-12H2,2-3H3,(H,23,24).